The standard InChI is InChI=1S/C12H16ClNO4S2/c13-9-10-2-1-3-11(8-10)14-20(17,18)12-4-6-19(15,16)7-5-12/h1-3,8,12,14H,4-7,9H2. The first-order valence-corrected chi connectivity index (χ1v) is 10.1. The van der Waals surface area contributed by atoms with Crippen molar-refractivity contribution < 1.29 is 16.8 Å². The summed E-state index contributed by atoms with van der Waals surface area (Å²) in [5, 5.41) is -0.661. The predicted molar refractivity (Wildman–Crippen MR) is 80.2 cm³/mol. The number of halogens is 1. The summed E-state index contributed by atoms with van der Waals surface area (Å²) in [6.07, 6.45) is 0.291. The summed E-state index contributed by atoms with van der Waals surface area (Å²) in [4.78, 5) is 0. The van der Waals surface area contributed by atoms with Crippen molar-refractivity contribution in [3.8, 4) is 0 Å². The predicted octanol–water partition coefficient (Wildman–Crippen LogP) is 1.74. The number of anilines is 1. The lowest BCUT2D eigenvalue weighted by Gasteiger charge is -2.22. The Morgan fingerprint density at radius 1 is 1.25 bits per heavy atom. The molecule has 0 unspecified atom stereocenters. The van der Waals surface area contributed by atoms with Crippen LogP contribution in [0.15, 0.2) is 24.3 Å². The lowest BCUT2D eigenvalue weighted by molar-refractivity contribution is 0.555. The lowest BCUT2D eigenvalue weighted by atomic mass is 10.2. The second-order valence-corrected chi connectivity index (χ2v) is 9.36. The number of alkyl halides is 1. The fourth-order valence-corrected chi connectivity index (χ4v) is 5.58. The van der Waals surface area contributed by atoms with E-state index in [-0.39, 0.29) is 24.3 Å². The van der Waals surface area contributed by atoms with Crippen LogP contribution in [0, 0.1) is 0 Å². The Balaban J connectivity index is 2.11. The van der Waals surface area contributed by atoms with Gasteiger partial charge in [0.1, 0.15) is 9.84 Å². The van der Waals surface area contributed by atoms with E-state index < -0.39 is 25.1 Å². The van der Waals surface area contributed by atoms with Gasteiger partial charge in [-0.15, -0.1) is 11.6 Å². The van der Waals surface area contributed by atoms with E-state index in [0.717, 1.165) is 5.56 Å². The summed E-state index contributed by atoms with van der Waals surface area (Å²) in [7, 11) is -6.64. The second kappa shape index (κ2) is 5.91. The third-order valence-electron chi connectivity index (χ3n) is 3.28. The van der Waals surface area contributed by atoms with Crippen LogP contribution >= 0.6 is 11.6 Å². The third kappa shape index (κ3) is 3.86. The van der Waals surface area contributed by atoms with Gasteiger partial charge < -0.3 is 0 Å². The molecule has 0 saturated carbocycles. The van der Waals surface area contributed by atoms with Gasteiger partial charge in [-0.3, -0.25) is 4.72 Å². The molecule has 0 aliphatic carbocycles. The minimum atomic E-state index is -3.57. The van der Waals surface area contributed by atoms with Crippen LogP contribution in [-0.4, -0.2) is 33.6 Å². The number of rotatable bonds is 4. The molecule has 1 heterocycles. The van der Waals surface area contributed by atoms with Gasteiger partial charge in [0.2, 0.25) is 10.0 Å². The van der Waals surface area contributed by atoms with Gasteiger partial charge in [-0.1, -0.05) is 12.1 Å². The number of sulfone groups is 1. The zero-order valence-corrected chi connectivity index (χ0v) is 13.1. The molecular weight excluding hydrogens is 322 g/mol. The zero-order valence-electron chi connectivity index (χ0n) is 10.7. The first-order chi connectivity index (χ1) is 9.32. The maximum Gasteiger partial charge on any atom is 0.235 e. The fraction of sp³-hybridized carbons (Fsp3) is 0.500. The van der Waals surface area contributed by atoms with Crippen LogP contribution in [-0.2, 0) is 25.7 Å². The minimum absolute atomic E-state index is 0.0692. The Kier molecular flexibility index (Phi) is 4.61. The van der Waals surface area contributed by atoms with Gasteiger partial charge in [-0.05, 0) is 30.5 Å². The van der Waals surface area contributed by atoms with Crippen molar-refractivity contribution in [2.75, 3.05) is 16.2 Å². The van der Waals surface area contributed by atoms with Crippen LogP contribution in [0.4, 0.5) is 5.69 Å². The molecule has 8 heteroatoms. The van der Waals surface area contributed by atoms with Crippen molar-refractivity contribution in [3.05, 3.63) is 29.8 Å². The molecule has 0 radical (unpaired) electrons. The van der Waals surface area contributed by atoms with E-state index in [9.17, 15) is 16.8 Å². The second-order valence-electron chi connectivity index (χ2n) is 4.83. The Hall–Kier alpha value is -0.790. The third-order valence-corrected chi connectivity index (χ3v) is 7.18. The maximum atomic E-state index is 12.2. The Morgan fingerprint density at radius 3 is 2.50 bits per heavy atom. The van der Waals surface area contributed by atoms with Crippen LogP contribution < -0.4 is 4.72 Å². The quantitative estimate of drug-likeness (QED) is 0.849. The SMILES string of the molecule is O=S1(=O)CCC(S(=O)(=O)Nc2cccc(CCl)c2)CC1. The van der Waals surface area contributed by atoms with E-state index in [1.807, 2.05) is 0 Å². The van der Waals surface area contributed by atoms with E-state index in [2.05, 4.69) is 4.72 Å². The fourth-order valence-electron chi connectivity index (χ4n) is 2.14. The molecule has 1 aromatic rings. The van der Waals surface area contributed by atoms with E-state index in [4.69, 9.17) is 11.6 Å². The Bertz CT molecular complexity index is 671. The largest absolute Gasteiger partial charge is 0.283 e. The molecule has 1 aromatic carbocycles. The molecule has 1 aliphatic heterocycles. The van der Waals surface area contributed by atoms with Crippen LogP contribution in [0.2, 0.25) is 0 Å². The van der Waals surface area contributed by atoms with E-state index in [0.29, 0.717) is 11.6 Å². The van der Waals surface area contributed by atoms with Crippen molar-refractivity contribution in [1.82, 2.24) is 0 Å². The van der Waals surface area contributed by atoms with Gasteiger partial charge in [-0.2, -0.15) is 0 Å². The number of benzene rings is 1. The normalized spacial score (nSPS) is 19.6. The molecule has 5 nitrogen and oxygen atoms in total. The Morgan fingerprint density at radius 2 is 1.90 bits per heavy atom. The Labute approximate surface area is 124 Å². The van der Waals surface area contributed by atoms with Gasteiger partial charge in [0.05, 0.1) is 16.8 Å². The average molecular weight is 338 g/mol. The summed E-state index contributed by atoms with van der Waals surface area (Å²) >= 11 is 5.71. The van der Waals surface area contributed by atoms with Crippen molar-refractivity contribution in [1.29, 1.82) is 0 Å². The maximum absolute atomic E-state index is 12.2. The molecule has 0 amide bonds. The number of hydrogen-bond acceptors (Lipinski definition) is 4. The molecule has 1 saturated heterocycles. The van der Waals surface area contributed by atoms with Crippen LogP contribution in [0.1, 0.15) is 18.4 Å². The summed E-state index contributed by atoms with van der Waals surface area (Å²) in [5.74, 6) is 0.165. The average Bonchev–Trinajstić information content (AvgIpc) is 2.38. The smallest absolute Gasteiger partial charge is 0.235 e. The van der Waals surface area contributed by atoms with Crippen molar-refractivity contribution in [2.45, 2.75) is 24.0 Å². The van der Waals surface area contributed by atoms with Crippen LogP contribution in [0.3, 0.4) is 0 Å². The van der Waals surface area contributed by atoms with Crippen molar-refractivity contribution in [3.63, 3.8) is 0 Å². The van der Waals surface area contributed by atoms with Gasteiger partial charge in [0, 0.05) is 11.6 Å². The summed E-state index contributed by atoms with van der Waals surface area (Å²) in [5.41, 5.74) is 1.27. The van der Waals surface area contributed by atoms with Crippen LogP contribution in [0.25, 0.3) is 0 Å². The molecule has 1 aliphatic rings. The molecular formula is C12H16ClNO4S2. The van der Waals surface area contributed by atoms with Crippen molar-refractivity contribution >= 4 is 37.1 Å². The summed E-state index contributed by atoms with van der Waals surface area (Å²) < 4.78 is 49.6. The molecule has 0 atom stereocenters. The van der Waals surface area contributed by atoms with E-state index in [1.54, 1.807) is 24.3 Å². The first-order valence-electron chi connectivity index (χ1n) is 6.19. The number of sulfonamides is 1. The first kappa shape index (κ1) is 15.6. The highest BCUT2D eigenvalue weighted by Crippen LogP contribution is 2.22. The number of nitrogens with one attached hydrogen (secondary N) is 1. The van der Waals surface area contributed by atoms with E-state index in [1.165, 1.54) is 0 Å². The van der Waals surface area contributed by atoms with E-state index >= 15 is 0 Å². The highest BCUT2D eigenvalue weighted by atomic mass is 35.5. The topological polar surface area (TPSA) is 80.3 Å². The molecule has 20 heavy (non-hydrogen) atoms. The number of hydrogen-bond donors (Lipinski definition) is 1. The molecule has 0 spiro atoms. The molecule has 0 aromatic heterocycles. The molecule has 2 rings (SSSR count). The highest BCUT2D eigenvalue weighted by molar-refractivity contribution is 7.94. The molecule has 1 fully saturated rings. The van der Waals surface area contributed by atoms with Gasteiger partial charge >= 0.3 is 0 Å². The van der Waals surface area contributed by atoms with Crippen molar-refractivity contribution in [2.24, 2.45) is 0 Å². The van der Waals surface area contributed by atoms with Crippen LogP contribution in [0.5, 0.6) is 0 Å². The molecule has 112 valence electrons. The summed E-state index contributed by atoms with van der Waals surface area (Å²) in [6, 6.07) is 6.84. The van der Waals surface area contributed by atoms with Gasteiger partial charge in [0.25, 0.3) is 0 Å². The highest BCUT2D eigenvalue weighted by Gasteiger charge is 2.32. The molecule has 1 N–H and O–H groups in total. The zero-order chi connectivity index (χ0) is 14.8. The lowest BCUT2D eigenvalue weighted by Crippen LogP contribution is -2.36. The van der Waals surface area contributed by atoms with Gasteiger partial charge in [-0.25, -0.2) is 16.8 Å². The minimum Gasteiger partial charge on any atom is -0.283 e. The molecule has 0 bridgehead atoms. The monoisotopic (exact) mass is 337 g/mol. The van der Waals surface area contributed by atoms with Gasteiger partial charge in [0.15, 0.2) is 0 Å². The summed E-state index contributed by atoms with van der Waals surface area (Å²) in [6.45, 7) is 0.